The lowest BCUT2D eigenvalue weighted by atomic mass is 10.3. The van der Waals surface area contributed by atoms with E-state index in [9.17, 15) is 0 Å². The summed E-state index contributed by atoms with van der Waals surface area (Å²) in [6.07, 6.45) is 2.93. The third-order valence-corrected chi connectivity index (χ3v) is 3.51. The van der Waals surface area contributed by atoms with Gasteiger partial charge in [-0.2, -0.15) is 0 Å². The zero-order valence-corrected chi connectivity index (χ0v) is 12.3. The van der Waals surface area contributed by atoms with Crippen molar-refractivity contribution in [1.29, 1.82) is 0 Å². The fourth-order valence-corrected chi connectivity index (χ4v) is 2.31. The van der Waals surface area contributed by atoms with Gasteiger partial charge in [0.25, 0.3) is 0 Å². The minimum atomic E-state index is 0.0775. The minimum absolute atomic E-state index is 0.0775. The highest BCUT2D eigenvalue weighted by Gasteiger charge is 2.12. The quantitative estimate of drug-likeness (QED) is 0.812. The van der Waals surface area contributed by atoms with Gasteiger partial charge in [0.1, 0.15) is 0 Å². The van der Waals surface area contributed by atoms with Crippen LogP contribution in [0.2, 0.25) is 0 Å². The predicted octanol–water partition coefficient (Wildman–Crippen LogP) is 2.51. The van der Waals surface area contributed by atoms with Crippen LogP contribution in [0.3, 0.4) is 0 Å². The molecule has 1 unspecified atom stereocenters. The zero-order chi connectivity index (χ0) is 13.7. The topological polar surface area (TPSA) is 75.9 Å². The molecule has 0 aliphatic heterocycles. The molecule has 7 heteroatoms. The molecule has 0 saturated heterocycles. The molecule has 0 saturated carbocycles. The van der Waals surface area contributed by atoms with Crippen molar-refractivity contribution in [2.45, 2.75) is 39.8 Å². The number of nitrogens with one attached hydrogen (secondary N) is 2. The van der Waals surface area contributed by atoms with E-state index in [-0.39, 0.29) is 6.04 Å². The molecule has 0 spiro atoms. The standard InChI is InChI=1S/C12H19N5OS/c1-4-5-13-8(2)11-16-17-12(18-11)15-7-10-6-14-9(3)19-10/h6,8,13H,4-5,7H2,1-3H3,(H,15,17). The summed E-state index contributed by atoms with van der Waals surface area (Å²) >= 11 is 1.66. The van der Waals surface area contributed by atoms with Gasteiger partial charge in [0, 0.05) is 11.1 Å². The first-order chi connectivity index (χ1) is 9.19. The summed E-state index contributed by atoms with van der Waals surface area (Å²) in [5.74, 6) is 0.608. The Kier molecular flexibility index (Phi) is 4.86. The largest absolute Gasteiger partial charge is 0.406 e. The Hall–Kier alpha value is -1.47. The number of aromatic nitrogens is 3. The Balaban J connectivity index is 1.86. The summed E-state index contributed by atoms with van der Waals surface area (Å²) in [5.41, 5.74) is 0. The van der Waals surface area contributed by atoms with E-state index in [2.05, 4.69) is 32.7 Å². The van der Waals surface area contributed by atoms with Crippen LogP contribution in [-0.4, -0.2) is 21.7 Å². The van der Waals surface area contributed by atoms with E-state index in [0.29, 0.717) is 18.5 Å². The van der Waals surface area contributed by atoms with Gasteiger partial charge in [-0.05, 0) is 26.8 Å². The molecule has 2 heterocycles. The van der Waals surface area contributed by atoms with Crippen molar-refractivity contribution in [2.75, 3.05) is 11.9 Å². The van der Waals surface area contributed by atoms with Crippen molar-refractivity contribution in [2.24, 2.45) is 0 Å². The summed E-state index contributed by atoms with van der Waals surface area (Å²) in [6, 6.07) is 0.528. The summed E-state index contributed by atoms with van der Waals surface area (Å²) in [6.45, 7) is 7.72. The maximum Gasteiger partial charge on any atom is 0.315 e. The number of aryl methyl sites for hydroxylation is 1. The summed E-state index contributed by atoms with van der Waals surface area (Å²) in [4.78, 5) is 5.35. The van der Waals surface area contributed by atoms with Crippen LogP contribution in [0.1, 0.15) is 42.1 Å². The van der Waals surface area contributed by atoms with Crippen molar-refractivity contribution in [3.63, 3.8) is 0 Å². The van der Waals surface area contributed by atoms with Crippen molar-refractivity contribution < 1.29 is 4.42 Å². The summed E-state index contributed by atoms with van der Waals surface area (Å²) in [7, 11) is 0. The molecule has 19 heavy (non-hydrogen) atoms. The van der Waals surface area contributed by atoms with Crippen LogP contribution in [0.5, 0.6) is 0 Å². The van der Waals surface area contributed by atoms with Crippen LogP contribution < -0.4 is 10.6 Å². The maximum atomic E-state index is 5.56. The first-order valence-electron chi connectivity index (χ1n) is 6.41. The number of hydrogen-bond donors (Lipinski definition) is 2. The molecule has 0 fully saturated rings. The lowest BCUT2D eigenvalue weighted by Crippen LogP contribution is -2.19. The molecule has 0 radical (unpaired) electrons. The van der Waals surface area contributed by atoms with E-state index < -0.39 is 0 Å². The first kappa shape index (κ1) is 14.0. The second kappa shape index (κ2) is 6.63. The van der Waals surface area contributed by atoms with E-state index in [0.717, 1.165) is 22.9 Å². The minimum Gasteiger partial charge on any atom is -0.406 e. The second-order valence-corrected chi connectivity index (χ2v) is 5.64. The molecular formula is C12H19N5OS. The summed E-state index contributed by atoms with van der Waals surface area (Å²) < 4.78 is 5.56. The fraction of sp³-hybridized carbons (Fsp3) is 0.583. The van der Waals surface area contributed by atoms with Crippen molar-refractivity contribution >= 4 is 17.4 Å². The SMILES string of the molecule is CCCNC(C)c1nnc(NCc2cnc(C)s2)o1. The molecular weight excluding hydrogens is 262 g/mol. The van der Waals surface area contributed by atoms with Gasteiger partial charge in [-0.25, -0.2) is 4.98 Å². The number of hydrogen-bond acceptors (Lipinski definition) is 7. The van der Waals surface area contributed by atoms with Crippen molar-refractivity contribution in [1.82, 2.24) is 20.5 Å². The number of anilines is 1. The highest BCUT2D eigenvalue weighted by atomic mass is 32.1. The van der Waals surface area contributed by atoms with E-state index in [1.165, 1.54) is 0 Å². The third-order valence-electron chi connectivity index (χ3n) is 2.59. The molecule has 0 aliphatic rings. The van der Waals surface area contributed by atoms with Crippen molar-refractivity contribution in [3.05, 3.63) is 22.0 Å². The molecule has 2 aromatic heterocycles. The molecule has 2 N–H and O–H groups in total. The van der Waals surface area contributed by atoms with Gasteiger partial charge in [-0.3, -0.25) is 0 Å². The van der Waals surface area contributed by atoms with Gasteiger partial charge in [0.2, 0.25) is 5.89 Å². The van der Waals surface area contributed by atoms with E-state index in [1.54, 1.807) is 11.3 Å². The molecule has 1 atom stereocenters. The van der Waals surface area contributed by atoms with Crippen LogP contribution >= 0.6 is 11.3 Å². The van der Waals surface area contributed by atoms with Crippen LogP contribution in [0.15, 0.2) is 10.6 Å². The molecule has 104 valence electrons. The molecule has 2 aromatic rings. The predicted molar refractivity (Wildman–Crippen MR) is 75.2 cm³/mol. The Morgan fingerprint density at radius 3 is 2.95 bits per heavy atom. The van der Waals surface area contributed by atoms with Gasteiger partial charge in [0.15, 0.2) is 0 Å². The van der Waals surface area contributed by atoms with Gasteiger partial charge < -0.3 is 15.1 Å². The van der Waals surface area contributed by atoms with Crippen molar-refractivity contribution in [3.8, 4) is 0 Å². The van der Waals surface area contributed by atoms with Gasteiger partial charge in [-0.1, -0.05) is 12.0 Å². The van der Waals surface area contributed by atoms with Gasteiger partial charge >= 0.3 is 6.01 Å². The fourth-order valence-electron chi connectivity index (χ4n) is 1.58. The monoisotopic (exact) mass is 281 g/mol. The van der Waals surface area contributed by atoms with E-state index in [4.69, 9.17) is 4.42 Å². The van der Waals surface area contributed by atoms with Crippen LogP contribution in [0.4, 0.5) is 6.01 Å². The summed E-state index contributed by atoms with van der Waals surface area (Å²) in [5, 5.41) is 15.5. The molecule has 6 nitrogen and oxygen atoms in total. The number of thiazole rings is 1. The average Bonchev–Trinajstić information content (AvgIpc) is 3.02. The first-order valence-corrected chi connectivity index (χ1v) is 7.22. The molecule has 2 rings (SSSR count). The zero-order valence-electron chi connectivity index (χ0n) is 11.4. The Morgan fingerprint density at radius 2 is 2.26 bits per heavy atom. The van der Waals surface area contributed by atoms with E-state index in [1.807, 2.05) is 20.0 Å². The van der Waals surface area contributed by atoms with Crippen LogP contribution in [0, 0.1) is 6.92 Å². The number of rotatable bonds is 7. The van der Waals surface area contributed by atoms with Crippen LogP contribution in [0.25, 0.3) is 0 Å². The van der Waals surface area contributed by atoms with Crippen LogP contribution in [-0.2, 0) is 6.54 Å². The normalized spacial score (nSPS) is 12.6. The lowest BCUT2D eigenvalue weighted by Gasteiger charge is -2.07. The van der Waals surface area contributed by atoms with E-state index >= 15 is 0 Å². The van der Waals surface area contributed by atoms with Gasteiger partial charge in [0.05, 0.1) is 17.6 Å². The Labute approximate surface area is 116 Å². The van der Waals surface area contributed by atoms with Gasteiger partial charge in [-0.15, -0.1) is 16.4 Å². The Bertz CT molecular complexity index is 510. The molecule has 0 bridgehead atoms. The number of nitrogens with zero attached hydrogens (tertiary/aromatic N) is 3. The third kappa shape index (κ3) is 4.00. The molecule has 0 aromatic carbocycles. The highest BCUT2D eigenvalue weighted by molar-refractivity contribution is 7.11. The molecule has 0 amide bonds. The smallest absolute Gasteiger partial charge is 0.315 e. The second-order valence-electron chi connectivity index (χ2n) is 4.32. The molecule has 0 aliphatic carbocycles. The Morgan fingerprint density at radius 1 is 1.42 bits per heavy atom. The highest BCUT2D eigenvalue weighted by Crippen LogP contribution is 2.16. The maximum absolute atomic E-state index is 5.56. The average molecular weight is 281 g/mol. The lowest BCUT2D eigenvalue weighted by molar-refractivity contribution is 0.423.